The maximum Gasteiger partial charge on any atom is 0.262 e. The third-order valence-electron chi connectivity index (χ3n) is 4.11. The quantitative estimate of drug-likeness (QED) is 0.495. The van der Waals surface area contributed by atoms with Crippen LogP contribution in [0.1, 0.15) is 11.1 Å². The molecule has 3 rings (SSSR count). The summed E-state index contributed by atoms with van der Waals surface area (Å²) in [4.78, 5) is 12.2. The van der Waals surface area contributed by atoms with Crippen molar-refractivity contribution in [2.75, 3.05) is 16.6 Å². The van der Waals surface area contributed by atoms with E-state index in [-0.39, 0.29) is 17.4 Å². The molecule has 0 radical (unpaired) electrons. The first-order chi connectivity index (χ1) is 14.2. The van der Waals surface area contributed by atoms with E-state index in [0.717, 1.165) is 15.6 Å². The fourth-order valence-electron chi connectivity index (χ4n) is 2.84. The van der Waals surface area contributed by atoms with E-state index in [2.05, 4.69) is 26.0 Å². The van der Waals surface area contributed by atoms with E-state index in [4.69, 9.17) is 4.74 Å². The van der Waals surface area contributed by atoms with Gasteiger partial charge in [0.1, 0.15) is 5.75 Å². The van der Waals surface area contributed by atoms with Gasteiger partial charge in [0.2, 0.25) is 0 Å². The Kier molecular flexibility index (Phi) is 6.79. The molecule has 0 unspecified atom stereocenters. The van der Waals surface area contributed by atoms with Crippen molar-refractivity contribution in [3.8, 4) is 5.75 Å². The Morgan fingerprint density at radius 1 is 0.900 bits per heavy atom. The molecule has 30 heavy (non-hydrogen) atoms. The second-order valence-electron chi connectivity index (χ2n) is 6.80. The number of carbonyl (C=O) groups excluding carboxylic acids is 1. The first-order valence-corrected chi connectivity index (χ1v) is 11.4. The molecule has 1 amide bonds. The average molecular weight is 489 g/mol. The summed E-state index contributed by atoms with van der Waals surface area (Å²) in [5.41, 5.74) is 2.92. The number of rotatable bonds is 7. The third kappa shape index (κ3) is 6.08. The molecule has 156 valence electrons. The van der Waals surface area contributed by atoms with Crippen LogP contribution in [0.4, 0.5) is 11.4 Å². The predicted molar refractivity (Wildman–Crippen MR) is 121 cm³/mol. The normalized spacial score (nSPS) is 11.0. The first-order valence-electron chi connectivity index (χ1n) is 9.11. The van der Waals surface area contributed by atoms with Gasteiger partial charge in [-0.1, -0.05) is 22.0 Å². The second-order valence-corrected chi connectivity index (χ2v) is 9.40. The Hall–Kier alpha value is -2.84. The van der Waals surface area contributed by atoms with Gasteiger partial charge in [-0.2, -0.15) is 0 Å². The molecule has 3 aromatic rings. The number of amides is 1. The number of carbonyl (C=O) groups is 1. The summed E-state index contributed by atoms with van der Waals surface area (Å²) >= 11 is 3.33. The lowest BCUT2D eigenvalue weighted by Gasteiger charge is -2.11. The van der Waals surface area contributed by atoms with Gasteiger partial charge < -0.3 is 10.1 Å². The van der Waals surface area contributed by atoms with Crippen LogP contribution in [0.5, 0.6) is 5.75 Å². The SMILES string of the molecule is Cc1cc(C)cc(NS(=O)(=O)c2ccc(NC(=O)COc3ccc(Br)cc3)cc2)c1. The highest BCUT2D eigenvalue weighted by molar-refractivity contribution is 9.10. The fraction of sp³-hybridized carbons (Fsp3) is 0.136. The molecule has 0 aliphatic heterocycles. The fourth-order valence-corrected chi connectivity index (χ4v) is 4.15. The van der Waals surface area contributed by atoms with Crippen molar-refractivity contribution in [1.29, 1.82) is 0 Å². The maximum atomic E-state index is 12.6. The molecule has 0 aliphatic carbocycles. The van der Waals surface area contributed by atoms with Crippen LogP contribution in [0, 0.1) is 13.8 Å². The van der Waals surface area contributed by atoms with Crippen molar-refractivity contribution >= 4 is 43.2 Å². The Morgan fingerprint density at radius 3 is 2.10 bits per heavy atom. The van der Waals surface area contributed by atoms with Gasteiger partial charge in [0.05, 0.1) is 4.90 Å². The van der Waals surface area contributed by atoms with E-state index in [9.17, 15) is 13.2 Å². The predicted octanol–water partition coefficient (Wildman–Crippen LogP) is 4.88. The Labute approximate surface area is 184 Å². The number of sulfonamides is 1. The van der Waals surface area contributed by atoms with Crippen LogP contribution in [0.2, 0.25) is 0 Å². The van der Waals surface area contributed by atoms with Crippen molar-refractivity contribution in [3.05, 3.63) is 82.3 Å². The smallest absolute Gasteiger partial charge is 0.262 e. The Balaban J connectivity index is 1.60. The summed E-state index contributed by atoms with van der Waals surface area (Å²) in [6, 6.07) is 18.6. The van der Waals surface area contributed by atoms with Crippen LogP contribution in [0.15, 0.2) is 76.1 Å². The van der Waals surface area contributed by atoms with Gasteiger partial charge in [-0.25, -0.2) is 8.42 Å². The summed E-state index contributed by atoms with van der Waals surface area (Å²) in [6.45, 7) is 3.65. The van der Waals surface area contributed by atoms with Crippen LogP contribution in [0.3, 0.4) is 0 Å². The highest BCUT2D eigenvalue weighted by Crippen LogP contribution is 2.21. The summed E-state index contributed by atoms with van der Waals surface area (Å²) in [7, 11) is -3.73. The van der Waals surface area contributed by atoms with Crippen molar-refractivity contribution < 1.29 is 17.9 Å². The molecule has 0 fully saturated rings. The number of benzene rings is 3. The lowest BCUT2D eigenvalue weighted by Crippen LogP contribution is -2.20. The molecular formula is C22H21BrN2O4S. The van der Waals surface area contributed by atoms with E-state index in [1.807, 2.05) is 32.0 Å². The van der Waals surface area contributed by atoms with E-state index < -0.39 is 10.0 Å². The zero-order chi connectivity index (χ0) is 21.7. The summed E-state index contributed by atoms with van der Waals surface area (Å²) in [5.74, 6) is 0.231. The van der Waals surface area contributed by atoms with E-state index in [1.165, 1.54) is 24.3 Å². The minimum Gasteiger partial charge on any atom is -0.484 e. The molecule has 2 N–H and O–H groups in total. The molecule has 0 heterocycles. The Morgan fingerprint density at radius 2 is 1.50 bits per heavy atom. The van der Waals surface area contributed by atoms with Gasteiger partial charge in [0.25, 0.3) is 15.9 Å². The first kappa shape index (κ1) is 21.9. The molecule has 0 spiro atoms. The minimum absolute atomic E-state index is 0.103. The third-order valence-corrected chi connectivity index (χ3v) is 6.03. The molecule has 0 aliphatic rings. The number of hydrogen-bond donors (Lipinski definition) is 2. The van der Waals surface area contributed by atoms with Crippen molar-refractivity contribution in [1.82, 2.24) is 0 Å². The van der Waals surface area contributed by atoms with Gasteiger partial charge in [0, 0.05) is 15.8 Å². The highest BCUT2D eigenvalue weighted by atomic mass is 79.9. The minimum atomic E-state index is -3.73. The van der Waals surface area contributed by atoms with Crippen LogP contribution >= 0.6 is 15.9 Å². The second kappa shape index (κ2) is 9.32. The van der Waals surface area contributed by atoms with Gasteiger partial charge in [-0.05, 0) is 85.6 Å². The number of halogens is 1. The van der Waals surface area contributed by atoms with Gasteiger partial charge >= 0.3 is 0 Å². The summed E-state index contributed by atoms with van der Waals surface area (Å²) in [6.07, 6.45) is 0. The van der Waals surface area contributed by atoms with Crippen molar-refractivity contribution in [3.63, 3.8) is 0 Å². The molecule has 0 bridgehead atoms. The van der Waals surface area contributed by atoms with E-state index in [1.54, 1.807) is 24.3 Å². The van der Waals surface area contributed by atoms with E-state index >= 15 is 0 Å². The number of nitrogens with one attached hydrogen (secondary N) is 2. The average Bonchev–Trinajstić information content (AvgIpc) is 2.67. The molecule has 0 aromatic heterocycles. The van der Waals surface area contributed by atoms with Crippen LogP contribution < -0.4 is 14.8 Å². The summed E-state index contributed by atoms with van der Waals surface area (Å²) in [5, 5.41) is 2.68. The zero-order valence-corrected chi connectivity index (χ0v) is 18.9. The number of ether oxygens (including phenoxy) is 1. The monoisotopic (exact) mass is 488 g/mol. The van der Waals surface area contributed by atoms with Crippen LogP contribution in [-0.4, -0.2) is 20.9 Å². The topological polar surface area (TPSA) is 84.5 Å². The number of anilines is 2. The highest BCUT2D eigenvalue weighted by Gasteiger charge is 2.15. The molecule has 0 atom stereocenters. The molecular weight excluding hydrogens is 468 g/mol. The van der Waals surface area contributed by atoms with Gasteiger partial charge in [0.15, 0.2) is 6.61 Å². The maximum absolute atomic E-state index is 12.6. The van der Waals surface area contributed by atoms with E-state index in [0.29, 0.717) is 17.1 Å². The lowest BCUT2D eigenvalue weighted by atomic mass is 10.1. The molecule has 0 saturated heterocycles. The standard InChI is InChI=1S/C22H21BrN2O4S/c1-15-11-16(2)13-19(12-15)25-30(27,28)21-9-5-18(6-10-21)24-22(26)14-29-20-7-3-17(23)4-8-20/h3-13,25H,14H2,1-2H3,(H,24,26). The number of hydrogen-bond acceptors (Lipinski definition) is 4. The largest absolute Gasteiger partial charge is 0.484 e. The molecule has 0 saturated carbocycles. The van der Waals surface area contributed by atoms with Crippen molar-refractivity contribution in [2.24, 2.45) is 0 Å². The number of aryl methyl sites for hydroxylation is 2. The van der Waals surface area contributed by atoms with Gasteiger partial charge in [-0.15, -0.1) is 0 Å². The Bertz CT molecular complexity index is 1120. The van der Waals surface area contributed by atoms with Crippen LogP contribution in [0.25, 0.3) is 0 Å². The summed E-state index contributed by atoms with van der Waals surface area (Å²) < 4.78 is 34.2. The molecule has 6 nitrogen and oxygen atoms in total. The molecule has 3 aromatic carbocycles. The van der Waals surface area contributed by atoms with Gasteiger partial charge in [-0.3, -0.25) is 9.52 Å². The lowest BCUT2D eigenvalue weighted by molar-refractivity contribution is -0.118. The van der Waals surface area contributed by atoms with Crippen molar-refractivity contribution in [2.45, 2.75) is 18.7 Å². The molecule has 8 heteroatoms. The zero-order valence-electron chi connectivity index (χ0n) is 16.5. The van der Waals surface area contributed by atoms with Crippen LogP contribution in [-0.2, 0) is 14.8 Å².